The van der Waals surface area contributed by atoms with Crippen LogP contribution < -0.4 is 4.31 Å². The van der Waals surface area contributed by atoms with Crippen LogP contribution in [0.15, 0.2) is 112 Å². The molecular formula is C34H33N2O4S2+. The first-order chi connectivity index (χ1) is 20.5. The molecule has 2 atom stereocenters. The van der Waals surface area contributed by atoms with Gasteiger partial charge in [-0.1, -0.05) is 73.7 Å². The monoisotopic (exact) mass is 597 g/mol. The molecule has 0 saturated heterocycles. The fourth-order valence-corrected chi connectivity index (χ4v) is 8.35. The normalized spacial score (nSPS) is 14.9. The Morgan fingerprint density at radius 2 is 1.40 bits per heavy atom. The highest BCUT2D eigenvalue weighted by Crippen LogP contribution is 2.45. The molecule has 0 N–H and O–H groups in total. The Morgan fingerprint density at radius 3 is 2.10 bits per heavy atom. The molecule has 6 nitrogen and oxygen atoms in total. The molecule has 1 aliphatic rings. The number of carbonyl (C=O) groups excluding carboxylic acids is 2. The van der Waals surface area contributed by atoms with Gasteiger partial charge in [-0.3, -0.25) is 0 Å². The Morgan fingerprint density at radius 1 is 0.786 bits per heavy atom. The molecule has 0 radical (unpaired) electrons. The first-order valence-corrected chi connectivity index (χ1v) is 16.1. The number of methoxy groups -OCH3 is 2. The molecule has 4 aromatic carbocycles. The van der Waals surface area contributed by atoms with Crippen molar-refractivity contribution in [2.75, 3.05) is 30.0 Å². The highest BCUT2D eigenvalue weighted by Gasteiger charge is 2.50. The van der Waals surface area contributed by atoms with Crippen LogP contribution in [-0.4, -0.2) is 49.4 Å². The van der Waals surface area contributed by atoms with Crippen molar-refractivity contribution in [1.82, 2.24) is 0 Å². The van der Waals surface area contributed by atoms with Crippen molar-refractivity contribution in [3.63, 3.8) is 0 Å². The summed E-state index contributed by atoms with van der Waals surface area (Å²) in [5.41, 5.74) is 5.34. The second-order valence-electron chi connectivity index (χ2n) is 9.35. The number of aliphatic imine (C=N–C) groups is 1. The smallest absolute Gasteiger partial charge is 0.355 e. The molecule has 0 amide bonds. The molecule has 1 heterocycles. The zero-order valence-electron chi connectivity index (χ0n) is 24.1. The first-order valence-electron chi connectivity index (χ1n) is 13.8. The standard InChI is InChI=1S/C34H33N2O4S2/c1-5-41-29-21-13-9-17-25(29)23-15-7-11-19-27(23)35-31(33(37)39-3)32(34(38)40-4)36-28-20-12-8-16-24(28)26-18-10-14-22-30(26)42(36)6-2/h7-22,32H,5-6H2,1-4H3/q+1. The zero-order valence-corrected chi connectivity index (χ0v) is 25.7. The van der Waals surface area contributed by atoms with E-state index < -0.39 is 29.1 Å². The quantitative estimate of drug-likeness (QED) is 0.0870. The number of carbonyl (C=O) groups is 2. The van der Waals surface area contributed by atoms with Gasteiger partial charge in [0.05, 0.1) is 25.6 Å². The fraction of sp³-hybridized carbons (Fsp3) is 0.206. The number of nitrogens with zero attached hydrogens (tertiary/aromatic N) is 2. The average molecular weight is 598 g/mol. The van der Waals surface area contributed by atoms with Gasteiger partial charge in [-0.05, 0) is 48.6 Å². The molecule has 214 valence electrons. The lowest BCUT2D eigenvalue weighted by Gasteiger charge is -2.34. The number of esters is 2. The van der Waals surface area contributed by atoms with Gasteiger partial charge in [0, 0.05) is 21.6 Å². The summed E-state index contributed by atoms with van der Waals surface area (Å²) in [6, 6.07) is 30.8. The van der Waals surface area contributed by atoms with Gasteiger partial charge in [0.1, 0.15) is 16.8 Å². The topological polar surface area (TPSA) is 68.2 Å². The number of benzene rings is 4. The molecular weight excluding hydrogens is 565 g/mol. The predicted molar refractivity (Wildman–Crippen MR) is 174 cm³/mol. The SMILES string of the molecule is CCSc1ccccc1-c1ccccc1N=C(C(=O)OC)C(C(=O)OC)N1c2ccccc2-c2ccccc2[S+]1CC. The summed E-state index contributed by atoms with van der Waals surface area (Å²) < 4.78 is 12.7. The van der Waals surface area contributed by atoms with E-state index in [9.17, 15) is 9.59 Å². The van der Waals surface area contributed by atoms with E-state index in [-0.39, 0.29) is 5.71 Å². The minimum absolute atomic E-state index is 0.0300. The second-order valence-corrected chi connectivity index (χ2v) is 12.8. The number of para-hydroxylation sites is 2. The Balaban J connectivity index is 1.75. The lowest BCUT2D eigenvalue weighted by Crippen LogP contribution is -2.54. The Bertz CT molecular complexity index is 1640. The first kappa shape index (κ1) is 29.5. The largest absolute Gasteiger partial charge is 0.467 e. The van der Waals surface area contributed by atoms with Crippen LogP contribution in [0.25, 0.3) is 22.3 Å². The molecule has 8 heteroatoms. The van der Waals surface area contributed by atoms with Gasteiger partial charge in [0.25, 0.3) is 0 Å². The summed E-state index contributed by atoms with van der Waals surface area (Å²) in [6.45, 7) is 4.20. The van der Waals surface area contributed by atoms with E-state index in [1.807, 2.05) is 83.2 Å². The summed E-state index contributed by atoms with van der Waals surface area (Å²) in [7, 11) is 2.65. The van der Waals surface area contributed by atoms with Crippen LogP contribution in [0, 0.1) is 0 Å². The maximum absolute atomic E-state index is 13.8. The van der Waals surface area contributed by atoms with E-state index in [1.165, 1.54) is 14.2 Å². The van der Waals surface area contributed by atoms with Crippen molar-refractivity contribution in [2.24, 2.45) is 4.99 Å². The highest BCUT2D eigenvalue weighted by molar-refractivity contribution is 7.99. The molecule has 5 rings (SSSR count). The molecule has 0 aliphatic carbocycles. The number of fused-ring (bicyclic) bond motifs is 3. The van der Waals surface area contributed by atoms with Crippen molar-refractivity contribution in [3.05, 3.63) is 97.1 Å². The minimum atomic E-state index is -1.14. The van der Waals surface area contributed by atoms with Crippen molar-refractivity contribution in [1.29, 1.82) is 0 Å². The number of hydrogen-bond donors (Lipinski definition) is 0. The molecule has 1 aliphatic heterocycles. The maximum Gasteiger partial charge on any atom is 0.355 e. The van der Waals surface area contributed by atoms with E-state index in [4.69, 9.17) is 14.5 Å². The molecule has 2 unspecified atom stereocenters. The summed E-state index contributed by atoms with van der Waals surface area (Å²) in [4.78, 5) is 34.5. The van der Waals surface area contributed by atoms with Gasteiger partial charge in [0.2, 0.25) is 6.04 Å². The molecule has 4 aromatic rings. The summed E-state index contributed by atoms with van der Waals surface area (Å²) >= 11 is 1.16. The van der Waals surface area contributed by atoms with Crippen molar-refractivity contribution >= 4 is 51.9 Å². The zero-order chi connectivity index (χ0) is 29.6. The van der Waals surface area contributed by atoms with Crippen LogP contribution >= 0.6 is 11.8 Å². The third-order valence-corrected chi connectivity index (χ3v) is 10.3. The van der Waals surface area contributed by atoms with Crippen molar-refractivity contribution in [2.45, 2.75) is 29.7 Å². The minimum Gasteiger partial charge on any atom is -0.467 e. The highest BCUT2D eigenvalue weighted by atomic mass is 32.2. The number of rotatable bonds is 9. The number of thioether (sulfide) groups is 1. The van der Waals surface area contributed by atoms with E-state index >= 15 is 0 Å². The fourth-order valence-electron chi connectivity index (χ4n) is 5.23. The van der Waals surface area contributed by atoms with Gasteiger partial charge < -0.3 is 9.47 Å². The predicted octanol–water partition coefficient (Wildman–Crippen LogP) is 7.35. The van der Waals surface area contributed by atoms with Gasteiger partial charge in [0.15, 0.2) is 10.6 Å². The number of ether oxygens (including phenoxy) is 2. The lowest BCUT2D eigenvalue weighted by atomic mass is 10.0. The van der Waals surface area contributed by atoms with Crippen LogP contribution in [0.5, 0.6) is 0 Å². The van der Waals surface area contributed by atoms with Gasteiger partial charge in [-0.2, -0.15) is 4.31 Å². The van der Waals surface area contributed by atoms with E-state index in [0.29, 0.717) is 11.4 Å². The summed E-state index contributed by atoms with van der Waals surface area (Å²) in [5, 5.41) is 0. The third kappa shape index (κ3) is 5.56. The Labute approximate surface area is 254 Å². The van der Waals surface area contributed by atoms with Crippen LogP contribution in [0.2, 0.25) is 0 Å². The third-order valence-electron chi connectivity index (χ3n) is 7.02. The van der Waals surface area contributed by atoms with Crippen LogP contribution in [0.3, 0.4) is 0 Å². The van der Waals surface area contributed by atoms with Crippen LogP contribution in [0.4, 0.5) is 11.4 Å². The Hall–Kier alpha value is -4.01. The molecule has 0 spiro atoms. The average Bonchev–Trinajstić information content (AvgIpc) is 3.04. The number of anilines is 1. The molecule has 0 saturated carbocycles. The molecule has 0 fully saturated rings. The number of hydrogen-bond acceptors (Lipinski definition) is 7. The maximum atomic E-state index is 13.8. The molecule has 0 aromatic heterocycles. The molecule has 42 heavy (non-hydrogen) atoms. The van der Waals surface area contributed by atoms with E-state index in [0.717, 1.165) is 43.5 Å². The van der Waals surface area contributed by atoms with Gasteiger partial charge in [-0.25, -0.2) is 14.6 Å². The van der Waals surface area contributed by atoms with Gasteiger partial charge >= 0.3 is 11.9 Å². The van der Waals surface area contributed by atoms with Crippen molar-refractivity contribution in [3.8, 4) is 22.3 Å². The van der Waals surface area contributed by atoms with Crippen molar-refractivity contribution < 1.29 is 19.1 Å². The van der Waals surface area contributed by atoms with E-state index in [1.54, 1.807) is 11.8 Å². The second kappa shape index (κ2) is 13.3. The lowest BCUT2D eigenvalue weighted by molar-refractivity contribution is -0.141. The summed E-state index contributed by atoms with van der Waals surface area (Å²) in [6.07, 6.45) is 0. The van der Waals surface area contributed by atoms with E-state index in [2.05, 4.69) is 32.0 Å². The Kier molecular flexibility index (Phi) is 9.35. The summed E-state index contributed by atoms with van der Waals surface area (Å²) in [5.74, 6) is 0.354. The molecule has 0 bridgehead atoms. The van der Waals surface area contributed by atoms with Gasteiger partial charge in [-0.15, -0.1) is 11.8 Å². The van der Waals surface area contributed by atoms with Crippen LogP contribution in [-0.2, 0) is 30.1 Å². The van der Waals surface area contributed by atoms with Crippen LogP contribution in [0.1, 0.15) is 13.8 Å².